The van der Waals surface area contributed by atoms with Crippen LogP contribution in [0, 0.1) is 25.6 Å². The van der Waals surface area contributed by atoms with Crippen molar-refractivity contribution < 1.29 is 14.0 Å². The van der Waals surface area contributed by atoms with E-state index in [0.29, 0.717) is 6.54 Å². The van der Waals surface area contributed by atoms with Crippen LogP contribution < -0.4 is 0 Å². The van der Waals surface area contributed by atoms with Gasteiger partial charge >= 0.3 is 0 Å². The molecular formula is C30H41Cl2FN4O2. The number of pyridine rings is 1. The number of aromatic nitrogens is 1. The van der Waals surface area contributed by atoms with Crippen molar-refractivity contribution in [1.82, 2.24) is 19.7 Å². The highest BCUT2D eigenvalue weighted by Crippen LogP contribution is 2.36. The van der Waals surface area contributed by atoms with Crippen molar-refractivity contribution in [3.63, 3.8) is 0 Å². The minimum atomic E-state index is -0.252. The van der Waals surface area contributed by atoms with E-state index in [2.05, 4.69) is 16.8 Å². The number of hydrogen-bond donors (Lipinski definition) is 0. The molecule has 3 fully saturated rings. The van der Waals surface area contributed by atoms with Gasteiger partial charge in [0, 0.05) is 56.4 Å². The van der Waals surface area contributed by atoms with Gasteiger partial charge in [0.15, 0.2) is 0 Å². The molecule has 9 heteroatoms. The Kier molecular flexibility index (Phi) is 10.4. The lowest BCUT2D eigenvalue weighted by molar-refractivity contribution is -0.137. The van der Waals surface area contributed by atoms with Gasteiger partial charge < -0.3 is 9.80 Å². The third kappa shape index (κ3) is 6.93. The van der Waals surface area contributed by atoms with E-state index in [-0.39, 0.29) is 59.9 Å². The standard InChI is InChI=1S/C30H39FN4O2.2ClH/c1-21-9-14-32-22(2)27(21)29(37)33-17-12-30(3,13-18-33)34-15-10-26(11-16-34)35(28(36)24-7-8-24)20-23-5-4-6-25(31)19-23;;/h4-6,9,14,19,24,26H,7-8,10-13,15-18,20H2,1-3H3;2*1H. The number of piperidine rings is 2. The molecule has 3 heterocycles. The molecule has 0 bridgehead atoms. The Balaban J connectivity index is 0.00000210. The second kappa shape index (κ2) is 13.0. The molecule has 5 rings (SSSR count). The quantitative estimate of drug-likeness (QED) is 0.449. The smallest absolute Gasteiger partial charge is 0.255 e. The number of rotatable bonds is 6. The predicted octanol–water partition coefficient (Wildman–Crippen LogP) is 5.58. The maximum Gasteiger partial charge on any atom is 0.255 e. The fourth-order valence-corrected chi connectivity index (χ4v) is 6.18. The summed E-state index contributed by atoms with van der Waals surface area (Å²) in [6.45, 7) is 10.1. The third-order valence-corrected chi connectivity index (χ3v) is 8.81. The third-order valence-electron chi connectivity index (χ3n) is 8.81. The van der Waals surface area contributed by atoms with Crippen molar-refractivity contribution in [1.29, 1.82) is 0 Å². The lowest BCUT2D eigenvalue weighted by atomic mass is 9.85. The maximum atomic E-state index is 13.8. The molecule has 1 aromatic heterocycles. The van der Waals surface area contributed by atoms with Gasteiger partial charge in [-0.05, 0) is 88.6 Å². The van der Waals surface area contributed by atoms with Crippen molar-refractivity contribution in [3.05, 3.63) is 64.7 Å². The fourth-order valence-electron chi connectivity index (χ4n) is 6.18. The molecule has 2 saturated heterocycles. The summed E-state index contributed by atoms with van der Waals surface area (Å²) in [6.07, 6.45) is 7.45. The second-order valence-corrected chi connectivity index (χ2v) is 11.5. The summed E-state index contributed by atoms with van der Waals surface area (Å²) in [5, 5.41) is 0. The number of amides is 2. The molecule has 2 aromatic rings. The highest BCUT2D eigenvalue weighted by molar-refractivity contribution is 5.96. The van der Waals surface area contributed by atoms with Crippen LogP contribution in [-0.4, -0.2) is 69.3 Å². The molecule has 214 valence electrons. The summed E-state index contributed by atoms with van der Waals surface area (Å²) in [7, 11) is 0. The lowest BCUT2D eigenvalue weighted by Crippen LogP contribution is -2.58. The van der Waals surface area contributed by atoms with E-state index in [4.69, 9.17) is 0 Å². The summed E-state index contributed by atoms with van der Waals surface area (Å²) >= 11 is 0. The van der Waals surface area contributed by atoms with Gasteiger partial charge in [0.25, 0.3) is 5.91 Å². The number of halogens is 3. The molecule has 2 aliphatic heterocycles. The SMILES string of the molecule is Cc1ccnc(C)c1C(=O)N1CCC(C)(N2CCC(N(Cc3cccc(F)c3)C(=O)C3CC3)CC2)CC1.Cl.Cl. The van der Waals surface area contributed by atoms with E-state index in [0.717, 1.165) is 87.1 Å². The zero-order chi connectivity index (χ0) is 26.2. The molecular weight excluding hydrogens is 538 g/mol. The Morgan fingerprint density at radius 1 is 1.03 bits per heavy atom. The lowest BCUT2D eigenvalue weighted by Gasteiger charge is -2.50. The first kappa shape index (κ1) is 31.3. The average molecular weight is 580 g/mol. The van der Waals surface area contributed by atoms with Gasteiger partial charge in [-0.1, -0.05) is 12.1 Å². The van der Waals surface area contributed by atoms with Crippen molar-refractivity contribution >= 4 is 36.6 Å². The van der Waals surface area contributed by atoms with Gasteiger partial charge in [-0.15, -0.1) is 24.8 Å². The molecule has 3 aliphatic rings. The van der Waals surface area contributed by atoms with Crippen molar-refractivity contribution in [2.45, 2.75) is 77.4 Å². The molecule has 2 amide bonds. The van der Waals surface area contributed by atoms with Crippen LogP contribution in [0.2, 0.25) is 0 Å². The first-order valence-electron chi connectivity index (χ1n) is 13.8. The molecule has 6 nitrogen and oxygen atoms in total. The number of nitrogens with zero attached hydrogens (tertiary/aromatic N) is 4. The van der Waals surface area contributed by atoms with Crippen LogP contribution in [0.4, 0.5) is 4.39 Å². The molecule has 1 saturated carbocycles. The molecule has 0 spiro atoms. The highest BCUT2D eigenvalue weighted by atomic mass is 35.5. The van der Waals surface area contributed by atoms with Crippen LogP contribution in [0.1, 0.15) is 72.6 Å². The summed E-state index contributed by atoms with van der Waals surface area (Å²) in [4.78, 5) is 37.4. The Labute approximate surface area is 244 Å². The molecule has 0 N–H and O–H groups in total. The Morgan fingerprint density at radius 2 is 1.69 bits per heavy atom. The molecule has 1 aromatic carbocycles. The average Bonchev–Trinajstić information content (AvgIpc) is 3.73. The second-order valence-electron chi connectivity index (χ2n) is 11.5. The Hall–Kier alpha value is -2.22. The normalized spacial score (nSPS) is 19.5. The fraction of sp³-hybridized carbons (Fsp3) is 0.567. The number of carbonyl (C=O) groups is 2. The van der Waals surface area contributed by atoms with E-state index in [9.17, 15) is 14.0 Å². The Morgan fingerprint density at radius 3 is 2.28 bits per heavy atom. The highest BCUT2D eigenvalue weighted by Gasteiger charge is 2.42. The number of hydrogen-bond acceptors (Lipinski definition) is 4. The zero-order valence-corrected chi connectivity index (χ0v) is 24.8. The predicted molar refractivity (Wildman–Crippen MR) is 156 cm³/mol. The maximum absolute atomic E-state index is 13.8. The van der Waals surface area contributed by atoms with E-state index < -0.39 is 0 Å². The monoisotopic (exact) mass is 578 g/mol. The summed E-state index contributed by atoms with van der Waals surface area (Å²) in [5.74, 6) is 0.230. The van der Waals surface area contributed by atoms with E-state index in [1.807, 2.05) is 35.8 Å². The van der Waals surface area contributed by atoms with Gasteiger partial charge in [0.05, 0.1) is 11.3 Å². The Bertz CT molecular complexity index is 1140. The van der Waals surface area contributed by atoms with E-state index in [1.165, 1.54) is 6.07 Å². The van der Waals surface area contributed by atoms with E-state index >= 15 is 0 Å². The molecule has 0 atom stereocenters. The van der Waals surface area contributed by atoms with Crippen molar-refractivity contribution in [2.75, 3.05) is 26.2 Å². The molecule has 0 unspecified atom stereocenters. The van der Waals surface area contributed by atoms with Gasteiger partial charge in [0.2, 0.25) is 5.91 Å². The largest absolute Gasteiger partial charge is 0.338 e. The molecule has 39 heavy (non-hydrogen) atoms. The summed E-state index contributed by atoms with van der Waals surface area (Å²) in [6, 6.07) is 8.73. The number of benzene rings is 1. The van der Waals surface area contributed by atoms with Gasteiger partial charge in [-0.25, -0.2) is 4.39 Å². The van der Waals surface area contributed by atoms with Crippen molar-refractivity contribution in [2.24, 2.45) is 5.92 Å². The minimum absolute atomic E-state index is 0. The number of aryl methyl sites for hydroxylation is 2. The van der Waals surface area contributed by atoms with Crippen LogP contribution in [0.3, 0.4) is 0 Å². The van der Waals surface area contributed by atoms with Gasteiger partial charge in [-0.3, -0.25) is 19.5 Å². The van der Waals surface area contributed by atoms with Crippen LogP contribution in [-0.2, 0) is 11.3 Å². The minimum Gasteiger partial charge on any atom is -0.338 e. The molecule has 1 aliphatic carbocycles. The van der Waals surface area contributed by atoms with Crippen LogP contribution in [0.15, 0.2) is 36.5 Å². The van der Waals surface area contributed by atoms with Crippen LogP contribution >= 0.6 is 24.8 Å². The first-order valence-corrected chi connectivity index (χ1v) is 13.8. The van der Waals surface area contributed by atoms with Gasteiger partial charge in [0.1, 0.15) is 5.82 Å². The van der Waals surface area contributed by atoms with Gasteiger partial charge in [-0.2, -0.15) is 0 Å². The number of carbonyl (C=O) groups excluding carboxylic acids is 2. The first-order chi connectivity index (χ1) is 17.7. The molecule has 0 radical (unpaired) electrons. The summed E-state index contributed by atoms with van der Waals surface area (Å²) < 4.78 is 13.8. The van der Waals surface area contributed by atoms with Crippen LogP contribution in [0.5, 0.6) is 0 Å². The topological polar surface area (TPSA) is 56.8 Å². The van der Waals surface area contributed by atoms with E-state index in [1.54, 1.807) is 18.3 Å². The van der Waals surface area contributed by atoms with Crippen LogP contribution in [0.25, 0.3) is 0 Å². The van der Waals surface area contributed by atoms with Crippen molar-refractivity contribution in [3.8, 4) is 0 Å². The number of likely N-dealkylation sites (tertiary alicyclic amines) is 2. The zero-order valence-electron chi connectivity index (χ0n) is 23.2. The summed E-state index contributed by atoms with van der Waals surface area (Å²) in [5.41, 5.74) is 3.43.